The molecule has 0 saturated heterocycles. The van der Waals surface area contributed by atoms with Crippen LogP contribution in [0.25, 0.3) is 0 Å². The molecule has 0 unspecified atom stereocenters. The Bertz CT molecular complexity index is 413. The lowest BCUT2D eigenvalue weighted by Crippen LogP contribution is -2.28. The SMILES string of the molecule is CCOCCNC(=O)c1cc(I)c(F)cc1F. The lowest BCUT2D eigenvalue weighted by atomic mass is 10.2. The van der Waals surface area contributed by atoms with Crippen molar-refractivity contribution in [3.63, 3.8) is 0 Å². The lowest BCUT2D eigenvalue weighted by molar-refractivity contribution is 0.0918. The van der Waals surface area contributed by atoms with Gasteiger partial charge in [0, 0.05) is 22.8 Å². The highest BCUT2D eigenvalue weighted by atomic mass is 127. The third-order valence-corrected chi connectivity index (χ3v) is 2.82. The predicted molar refractivity (Wildman–Crippen MR) is 67.9 cm³/mol. The molecule has 1 N–H and O–H groups in total. The molecule has 0 aliphatic heterocycles. The van der Waals surface area contributed by atoms with Gasteiger partial charge >= 0.3 is 0 Å². The average Bonchev–Trinajstić information content (AvgIpc) is 2.29. The van der Waals surface area contributed by atoms with Crippen molar-refractivity contribution in [2.24, 2.45) is 0 Å². The summed E-state index contributed by atoms with van der Waals surface area (Å²) in [6.45, 7) is 3.05. The number of halogens is 3. The summed E-state index contributed by atoms with van der Waals surface area (Å²) < 4.78 is 31.5. The van der Waals surface area contributed by atoms with Gasteiger partial charge < -0.3 is 10.1 Å². The monoisotopic (exact) mass is 355 g/mol. The number of carbonyl (C=O) groups is 1. The molecule has 17 heavy (non-hydrogen) atoms. The van der Waals surface area contributed by atoms with Gasteiger partial charge in [0.2, 0.25) is 0 Å². The number of nitrogens with one attached hydrogen (secondary N) is 1. The van der Waals surface area contributed by atoms with Gasteiger partial charge in [0.15, 0.2) is 0 Å². The molecule has 0 aliphatic carbocycles. The molecular formula is C11H12F2INO2. The Balaban J connectivity index is 2.66. The highest BCUT2D eigenvalue weighted by Crippen LogP contribution is 2.16. The van der Waals surface area contributed by atoms with E-state index in [1.54, 1.807) is 22.6 Å². The van der Waals surface area contributed by atoms with Crippen molar-refractivity contribution in [3.8, 4) is 0 Å². The average molecular weight is 355 g/mol. The van der Waals surface area contributed by atoms with Crippen LogP contribution < -0.4 is 5.32 Å². The zero-order valence-corrected chi connectivity index (χ0v) is 11.4. The predicted octanol–water partition coefficient (Wildman–Crippen LogP) is 2.34. The minimum absolute atomic E-state index is 0.160. The fourth-order valence-electron chi connectivity index (χ4n) is 1.17. The number of hydrogen-bond acceptors (Lipinski definition) is 2. The number of ether oxygens (including phenoxy) is 1. The smallest absolute Gasteiger partial charge is 0.254 e. The number of benzene rings is 1. The van der Waals surface area contributed by atoms with Gasteiger partial charge in [-0.15, -0.1) is 0 Å². The normalized spacial score (nSPS) is 10.4. The molecule has 1 aromatic carbocycles. The van der Waals surface area contributed by atoms with Crippen LogP contribution in [0, 0.1) is 15.2 Å². The summed E-state index contributed by atoms with van der Waals surface area (Å²) >= 11 is 1.70. The first-order valence-corrected chi connectivity index (χ1v) is 6.14. The Hall–Kier alpha value is -0.760. The van der Waals surface area contributed by atoms with E-state index in [2.05, 4.69) is 5.32 Å². The third-order valence-electron chi connectivity index (χ3n) is 1.99. The van der Waals surface area contributed by atoms with E-state index in [1.807, 2.05) is 6.92 Å². The molecule has 6 heteroatoms. The van der Waals surface area contributed by atoms with E-state index in [4.69, 9.17) is 4.74 Å². The van der Waals surface area contributed by atoms with Crippen molar-refractivity contribution in [1.29, 1.82) is 0 Å². The summed E-state index contributed by atoms with van der Waals surface area (Å²) in [7, 11) is 0. The van der Waals surface area contributed by atoms with Gasteiger partial charge in [-0.1, -0.05) is 0 Å². The van der Waals surface area contributed by atoms with E-state index >= 15 is 0 Å². The molecule has 0 bridgehead atoms. The minimum atomic E-state index is -0.864. The minimum Gasteiger partial charge on any atom is -0.380 e. The zero-order chi connectivity index (χ0) is 12.8. The van der Waals surface area contributed by atoms with Crippen molar-refractivity contribution in [2.45, 2.75) is 6.92 Å². The third kappa shape index (κ3) is 4.19. The number of hydrogen-bond donors (Lipinski definition) is 1. The quantitative estimate of drug-likeness (QED) is 0.500. The Morgan fingerprint density at radius 2 is 2.12 bits per heavy atom. The van der Waals surface area contributed by atoms with E-state index in [0.29, 0.717) is 25.8 Å². The second-order valence-electron chi connectivity index (χ2n) is 3.20. The van der Waals surface area contributed by atoms with Crippen molar-refractivity contribution < 1.29 is 18.3 Å². The van der Waals surface area contributed by atoms with Crippen LogP contribution in [0.2, 0.25) is 0 Å². The molecule has 0 heterocycles. The highest BCUT2D eigenvalue weighted by molar-refractivity contribution is 14.1. The zero-order valence-electron chi connectivity index (χ0n) is 9.23. The largest absolute Gasteiger partial charge is 0.380 e. The molecule has 0 saturated carbocycles. The first kappa shape index (κ1) is 14.3. The summed E-state index contributed by atoms with van der Waals surface area (Å²) in [5.41, 5.74) is -0.160. The maximum absolute atomic E-state index is 13.3. The molecule has 0 atom stereocenters. The Kier molecular flexibility index (Phi) is 5.76. The van der Waals surface area contributed by atoms with Crippen molar-refractivity contribution in [2.75, 3.05) is 19.8 Å². The van der Waals surface area contributed by atoms with Gasteiger partial charge in [0.25, 0.3) is 5.91 Å². The Labute approximate surface area is 112 Å². The fraction of sp³-hybridized carbons (Fsp3) is 0.364. The maximum atomic E-state index is 13.3. The molecule has 94 valence electrons. The molecular weight excluding hydrogens is 343 g/mol. The highest BCUT2D eigenvalue weighted by Gasteiger charge is 2.14. The topological polar surface area (TPSA) is 38.3 Å². The number of rotatable bonds is 5. The van der Waals surface area contributed by atoms with Crippen LogP contribution in [0.15, 0.2) is 12.1 Å². The first-order valence-electron chi connectivity index (χ1n) is 5.06. The molecule has 1 amide bonds. The second-order valence-corrected chi connectivity index (χ2v) is 4.36. The van der Waals surface area contributed by atoms with E-state index in [0.717, 1.165) is 0 Å². The molecule has 0 spiro atoms. The van der Waals surface area contributed by atoms with Crippen molar-refractivity contribution >= 4 is 28.5 Å². The van der Waals surface area contributed by atoms with Crippen LogP contribution >= 0.6 is 22.6 Å². The summed E-state index contributed by atoms with van der Waals surface area (Å²) in [4.78, 5) is 11.6. The van der Waals surface area contributed by atoms with Crippen LogP contribution in [-0.4, -0.2) is 25.7 Å². The van der Waals surface area contributed by atoms with E-state index in [1.165, 1.54) is 6.07 Å². The summed E-state index contributed by atoms with van der Waals surface area (Å²) in [5, 5.41) is 2.49. The lowest BCUT2D eigenvalue weighted by Gasteiger charge is -2.07. The Morgan fingerprint density at radius 3 is 2.76 bits per heavy atom. The van der Waals surface area contributed by atoms with Crippen LogP contribution in [-0.2, 0) is 4.74 Å². The molecule has 1 rings (SSSR count). The van der Waals surface area contributed by atoms with Gasteiger partial charge in [-0.05, 0) is 35.6 Å². The second kappa shape index (κ2) is 6.85. The summed E-state index contributed by atoms with van der Waals surface area (Å²) in [5.74, 6) is -2.11. The van der Waals surface area contributed by atoms with E-state index < -0.39 is 17.5 Å². The van der Waals surface area contributed by atoms with Crippen molar-refractivity contribution in [1.82, 2.24) is 5.32 Å². The fourth-order valence-corrected chi connectivity index (χ4v) is 1.64. The first-order chi connectivity index (χ1) is 8.06. The van der Waals surface area contributed by atoms with Gasteiger partial charge in [-0.2, -0.15) is 0 Å². The molecule has 3 nitrogen and oxygen atoms in total. The summed E-state index contributed by atoms with van der Waals surface area (Å²) in [6.07, 6.45) is 0. The molecule has 1 aromatic rings. The molecule has 0 aliphatic rings. The standard InChI is InChI=1S/C11H12F2INO2/c1-2-17-4-3-15-11(16)7-5-10(14)9(13)6-8(7)12/h5-6H,2-4H2,1H3,(H,15,16). The van der Waals surface area contributed by atoms with Crippen LogP contribution in [0.4, 0.5) is 8.78 Å². The molecule has 0 radical (unpaired) electrons. The van der Waals surface area contributed by atoms with E-state index in [-0.39, 0.29) is 9.13 Å². The molecule has 0 fully saturated rings. The van der Waals surface area contributed by atoms with Crippen LogP contribution in [0.1, 0.15) is 17.3 Å². The number of amides is 1. The Morgan fingerprint density at radius 1 is 1.41 bits per heavy atom. The van der Waals surface area contributed by atoms with Crippen LogP contribution in [0.5, 0.6) is 0 Å². The number of carbonyl (C=O) groups excluding carboxylic acids is 1. The van der Waals surface area contributed by atoms with Crippen molar-refractivity contribution in [3.05, 3.63) is 32.9 Å². The van der Waals surface area contributed by atoms with Gasteiger partial charge in [-0.3, -0.25) is 4.79 Å². The summed E-state index contributed by atoms with van der Waals surface area (Å²) in [6, 6.07) is 1.89. The van der Waals surface area contributed by atoms with Gasteiger partial charge in [0.05, 0.1) is 12.2 Å². The van der Waals surface area contributed by atoms with Gasteiger partial charge in [0.1, 0.15) is 11.6 Å². The van der Waals surface area contributed by atoms with E-state index in [9.17, 15) is 13.6 Å². The van der Waals surface area contributed by atoms with Gasteiger partial charge in [-0.25, -0.2) is 8.78 Å². The molecule has 0 aromatic heterocycles. The maximum Gasteiger partial charge on any atom is 0.254 e. The van der Waals surface area contributed by atoms with Crippen LogP contribution in [0.3, 0.4) is 0 Å².